The van der Waals surface area contributed by atoms with Crippen molar-refractivity contribution in [3.63, 3.8) is 0 Å². The molecule has 0 aliphatic heterocycles. The predicted molar refractivity (Wildman–Crippen MR) is 102 cm³/mol. The van der Waals surface area contributed by atoms with Crippen molar-refractivity contribution in [2.45, 2.75) is 43.2 Å². The van der Waals surface area contributed by atoms with Crippen LogP contribution in [0.4, 0.5) is 18.9 Å². The normalized spacial score (nSPS) is 14.3. The van der Waals surface area contributed by atoms with Gasteiger partial charge in [-0.05, 0) is 55.5 Å². The van der Waals surface area contributed by atoms with E-state index in [0.717, 1.165) is 11.3 Å². The first-order valence-electron chi connectivity index (χ1n) is 8.18. The lowest BCUT2D eigenvalue weighted by Crippen LogP contribution is -2.52. The highest BCUT2D eigenvalue weighted by Crippen LogP contribution is 2.33. The molecule has 1 atom stereocenters. The number of nitrogens with one attached hydrogen (secondary N) is 1. The Morgan fingerprint density at radius 1 is 1.21 bits per heavy atom. The Hall–Kier alpha value is -2.24. The van der Waals surface area contributed by atoms with Crippen molar-refractivity contribution in [1.82, 2.24) is 0 Å². The monoisotopic (exact) mass is 449 g/mol. The lowest BCUT2D eigenvalue weighted by atomic mass is 10.1. The summed E-state index contributed by atoms with van der Waals surface area (Å²) in [6, 6.07) is 5.25. The molecule has 1 aromatic carbocycles. The molecule has 0 bridgehead atoms. The number of ketones is 1. The highest BCUT2D eigenvalue weighted by molar-refractivity contribution is 7.90. The topological polar surface area (TPSA) is 101 Å². The Labute approximate surface area is 169 Å². The summed E-state index contributed by atoms with van der Waals surface area (Å²) in [6.45, 7) is 2.94. The molecular weight excluding hydrogens is 431 g/mol. The van der Waals surface area contributed by atoms with E-state index in [1.54, 1.807) is 5.38 Å². The number of alkyl halides is 3. The number of rotatable bonds is 6. The summed E-state index contributed by atoms with van der Waals surface area (Å²) >= 11 is 1.11. The van der Waals surface area contributed by atoms with E-state index in [2.05, 4.69) is 0 Å². The van der Waals surface area contributed by atoms with Gasteiger partial charge in [-0.15, -0.1) is 11.3 Å². The van der Waals surface area contributed by atoms with Crippen molar-refractivity contribution in [3.05, 3.63) is 45.6 Å². The third kappa shape index (κ3) is 4.68. The first-order valence-corrected chi connectivity index (χ1v) is 10.7. The second-order valence-electron chi connectivity index (χ2n) is 6.54. The summed E-state index contributed by atoms with van der Waals surface area (Å²) in [6.07, 6.45) is -5.21. The molecule has 11 heteroatoms. The molecule has 0 saturated carbocycles. The molecule has 1 amide bonds. The van der Waals surface area contributed by atoms with Crippen molar-refractivity contribution in [2.24, 2.45) is 0 Å². The van der Waals surface area contributed by atoms with Crippen LogP contribution in [-0.4, -0.2) is 37.0 Å². The van der Waals surface area contributed by atoms with E-state index < -0.39 is 33.3 Å². The number of sulfone groups is 1. The number of aliphatic hydroxyl groups is 1. The summed E-state index contributed by atoms with van der Waals surface area (Å²) in [5, 5.41) is 13.0. The molecule has 0 unspecified atom stereocenters. The van der Waals surface area contributed by atoms with Crippen LogP contribution in [0.1, 0.15) is 34.6 Å². The van der Waals surface area contributed by atoms with Gasteiger partial charge in [-0.25, -0.2) is 8.42 Å². The molecule has 0 spiro atoms. The molecule has 0 aliphatic rings. The molecule has 0 fully saturated rings. The number of carbonyl (C=O) groups is 2. The summed E-state index contributed by atoms with van der Waals surface area (Å²) in [4.78, 5) is 23.6. The van der Waals surface area contributed by atoms with Gasteiger partial charge in [0, 0.05) is 5.69 Å². The van der Waals surface area contributed by atoms with Crippen LogP contribution in [0.5, 0.6) is 0 Å². The molecule has 0 radical (unpaired) electrons. The molecule has 1 heterocycles. The molecule has 0 saturated heterocycles. The van der Waals surface area contributed by atoms with Crippen LogP contribution in [0.2, 0.25) is 0 Å². The lowest BCUT2D eigenvalue weighted by Gasteiger charge is -2.25. The standard InChI is InChI=1S/C18H18F3NO5S2/c1-10-13(22-16(24)17(3,25)18(19,20)21)5-4-6-14(10)29(26,27)9-12-7-8-28-15(12)11(2)23/h4-8,25H,9H2,1-3H3,(H,22,24)/t17-/m0/s1. The van der Waals surface area contributed by atoms with Crippen LogP contribution in [0.15, 0.2) is 34.5 Å². The minimum Gasteiger partial charge on any atom is -0.373 e. The number of halogens is 3. The molecule has 158 valence electrons. The van der Waals surface area contributed by atoms with Crippen LogP contribution in [-0.2, 0) is 20.4 Å². The van der Waals surface area contributed by atoms with Gasteiger partial charge in [0.2, 0.25) is 5.60 Å². The summed E-state index contributed by atoms with van der Waals surface area (Å²) in [5.41, 5.74) is -3.51. The van der Waals surface area contributed by atoms with E-state index in [1.165, 1.54) is 38.1 Å². The van der Waals surface area contributed by atoms with Crippen molar-refractivity contribution >= 4 is 38.6 Å². The number of anilines is 1. The maximum Gasteiger partial charge on any atom is 0.426 e. The summed E-state index contributed by atoms with van der Waals surface area (Å²) in [7, 11) is -3.97. The van der Waals surface area contributed by atoms with Crippen molar-refractivity contribution in [3.8, 4) is 0 Å². The maximum absolute atomic E-state index is 12.8. The van der Waals surface area contributed by atoms with Crippen LogP contribution in [0.3, 0.4) is 0 Å². The second kappa shape index (κ2) is 7.88. The predicted octanol–water partition coefficient (Wildman–Crippen LogP) is 3.48. The molecule has 29 heavy (non-hydrogen) atoms. The number of benzene rings is 1. The third-order valence-electron chi connectivity index (χ3n) is 4.27. The van der Waals surface area contributed by atoms with E-state index in [9.17, 15) is 36.3 Å². The molecule has 1 aromatic heterocycles. The van der Waals surface area contributed by atoms with Gasteiger partial charge in [0.05, 0.1) is 15.5 Å². The van der Waals surface area contributed by atoms with Crippen LogP contribution in [0.25, 0.3) is 0 Å². The van der Waals surface area contributed by atoms with Crippen LogP contribution < -0.4 is 5.32 Å². The lowest BCUT2D eigenvalue weighted by molar-refractivity contribution is -0.242. The smallest absolute Gasteiger partial charge is 0.373 e. The number of hydrogen-bond acceptors (Lipinski definition) is 6. The van der Waals surface area contributed by atoms with E-state index >= 15 is 0 Å². The van der Waals surface area contributed by atoms with Crippen LogP contribution >= 0.6 is 11.3 Å². The van der Waals surface area contributed by atoms with Crippen LogP contribution in [0, 0.1) is 6.92 Å². The fourth-order valence-electron chi connectivity index (χ4n) is 2.50. The van der Waals surface area contributed by atoms with E-state index in [0.29, 0.717) is 17.4 Å². The largest absolute Gasteiger partial charge is 0.426 e. The Morgan fingerprint density at radius 2 is 1.83 bits per heavy atom. The molecule has 2 aromatic rings. The van der Waals surface area contributed by atoms with Crippen molar-refractivity contribution in [1.29, 1.82) is 0 Å². The molecule has 0 aliphatic carbocycles. The zero-order valence-corrected chi connectivity index (χ0v) is 17.3. The Kier molecular flexibility index (Phi) is 6.26. The van der Waals surface area contributed by atoms with Gasteiger partial charge in [-0.3, -0.25) is 9.59 Å². The fraction of sp³-hybridized carbons (Fsp3) is 0.333. The van der Waals surface area contributed by atoms with E-state index in [4.69, 9.17) is 0 Å². The number of amides is 1. The minimum atomic E-state index is -5.21. The van der Waals surface area contributed by atoms with Gasteiger partial charge >= 0.3 is 6.18 Å². The van der Waals surface area contributed by atoms with Gasteiger partial charge in [-0.1, -0.05) is 6.07 Å². The molecule has 6 nitrogen and oxygen atoms in total. The van der Waals surface area contributed by atoms with Gasteiger partial charge in [0.1, 0.15) is 0 Å². The van der Waals surface area contributed by atoms with E-state index in [1.807, 2.05) is 5.32 Å². The SMILES string of the molecule is CC(=O)c1sccc1CS(=O)(=O)c1cccc(NC(=O)[C@](C)(O)C(F)(F)F)c1C. The number of carbonyl (C=O) groups excluding carboxylic acids is 2. The first kappa shape index (κ1) is 23.0. The quantitative estimate of drug-likeness (QED) is 0.658. The zero-order chi connectivity index (χ0) is 22.2. The number of Topliss-reactive ketones (excluding diaryl/α,β-unsaturated/α-hetero) is 1. The van der Waals surface area contributed by atoms with Gasteiger partial charge in [0.15, 0.2) is 15.6 Å². The van der Waals surface area contributed by atoms with Gasteiger partial charge in [-0.2, -0.15) is 13.2 Å². The highest BCUT2D eigenvalue weighted by atomic mass is 32.2. The fourth-order valence-corrected chi connectivity index (χ4v) is 5.09. The first-order chi connectivity index (χ1) is 13.2. The molecule has 2 N–H and O–H groups in total. The number of thiophene rings is 1. The molecule has 2 rings (SSSR count). The average molecular weight is 449 g/mol. The Balaban J connectivity index is 2.38. The Bertz CT molecular complexity index is 1060. The van der Waals surface area contributed by atoms with E-state index in [-0.39, 0.29) is 21.9 Å². The Morgan fingerprint density at radius 3 is 2.38 bits per heavy atom. The summed E-state index contributed by atoms with van der Waals surface area (Å²) in [5.74, 6) is -2.50. The minimum absolute atomic E-state index is 0.0124. The highest BCUT2D eigenvalue weighted by Gasteiger charge is 2.55. The third-order valence-corrected chi connectivity index (χ3v) is 7.13. The van der Waals surface area contributed by atoms with Gasteiger partial charge < -0.3 is 10.4 Å². The summed E-state index contributed by atoms with van der Waals surface area (Å²) < 4.78 is 64.2. The maximum atomic E-state index is 12.8. The van der Waals surface area contributed by atoms with Gasteiger partial charge in [0.25, 0.3) is 5.91 Å². The van der Waals surface area contributed by atoms with Crippen molar-refractivity contribution in [2.75, 3.05) is 5.32 Å². The number of hydrogen-bond donors (Lipinski definition) is 2. The molecular formula is C18H18F3NO5S2. The van der Waals surface area contributed by atoms with Crippen molar-refractivity contribution < 1.29 is 36.3 Å². The zero-order valence-electron chi connectivity index (χ0n) is 15.6. The average Bonchev–Trinajstić information content (AvgIpc) is 3.03. The second-order valence-corrected chi connectivity index (χ2v) is 9.42.